The first-order chi connectivity index (χ1) is 14.3. The molecule has 0 bridgehead atoms. The van der Waals surface area contributed by atoms with Gasteiger partial charge in [0.1, 0.15) is 5.82 Å². The van der Waals surface area contributed by atoms with Crippen LogP contribution in [0.2, 0.25) is 0 Å². The molecule has 29 heavy (non-hydrogen) atoms. The number of carbonyl (C=O) groups excluding carboxylic acids is 1. The highest BCUT2D eigenvalue weighted by atomic mass is 16.2. The quantitative estimate of drug-likeness (QED) is 0.696. The van der Waals surface area contributed by atoms with E-state index in [1.807, 2.05) is 30.5 Å². The van der Waals surface area contributed by atoms with Gasteiger partial charge in [0, 0.05) is 38.2 Å². The number of nitrogens with zero attached hydrogens (tertiary/aromatic N) is 5. The van der Waals surface area contributed by atoms with Gasteiger partial charge in [-0.15, -0.1) is 0 Å². The van der Waals surface area contributed by atoms with Crippen LogP contribution in [0.1, 0.15) is 31.2 Å². The van der Waals surface area contributed by atoms with Gasteiger partial charge in [-0.3, -0.25) is 4.98 Å². The van der Waals surface area contributed by atoms with E-state index in [0.717, 1.165) is 30.2 Å². The summed E-state index contributed by atoms with van der Waals surface area (Å²) in [5, 5.41) is 9.90. The van der Waals surface area contributed by atoms with Crippen LogP contribution in [0.25, 0.3) is 5.69 Å². The molecule has 1 fully saturated rings. The second-order valence-corrected chi connectivity index (χ2v) is 7.11. The second kappa shape index (κ2) is 9.18. The number of amides is 2. The number of nitrogens with one attached hydrogen (secondary N) is 2. The molecule has 0 radical (unpaired) electrons. The van der Waals surface area contributed by atoms with Gasteiger partial charge in [0.25, 0.3) is 0 Å². The van der Waals surface area contributed by atoms with Crippen molar-refractivity contribution in [3.8, 4) is 5.69 Å². The molecule has 3 aromatic heterocycles. The predicted octanol–water partition coefficient (Wildman–Crippen LogP) is 3.36. The SMILES string of the molecule is O=C(NCc1ccc(N2CCCCCC2)nc1)Nc1cnn(-c2ccncc2)c1. The average Bonchev–Trinajstić information content (AvgIpc) is 3.05. The molecule has 0 aliphatic carbocycles. The number of hydrogen-bond donors (Lipinski definition) is 2. The third kappa shape index (κ3) is 5.10. The van der Waals surface area contributed by atoms with E-state index in [-0.39, 0.29) is 6.03 Å². The molecule has 8 heteroatoms. The minimum atomic E-state index is -0.282. The zero-order valence-electron chi connectivity index (χ0n) is 16.3. The summed E-state index contributed by atoms with van der Waals surface area (Å²) in [6.45, 7) is 2.55. The van der Waals surface area contributed by atoms with E-state index < -0.39 is 0 Å². The summed E-state index contributed by atoms with van der Waals surface area (Å²) in [4.78, 5) is 23.1. The molecule has 4 rings (SSSR count). The molecule has 2 amide bonds. The molecule has 1 aliphatic rings. The lowest BCUT2D eigenvalue weighted by molar-refractivity contribution is 0.251. The Morgan fingerprint density at radius 2 is 1.79 bits per heavy atom. The highest BCUT2D eigenvalue weighted by Crippen LogP contribution is 2.17. The smallest absolute Gasteiger partial charge is 0.319 e. The molecule has 0 spiro atoms. The Morgan fingerprint density at radius 3 is 2.52 bits per heavy atom. The average molecular weight is 391 g/mol. The fourth-order valence-electron chi connectivity index (χ4n) is 3.39. The zero-order chi connectivity index (χ0) is 19.9. The van der Waals surface area contributed by atoms with Crippen LogP contribution in [0.4, 0.5) is 16.3 Å². The molecule has 3 aromatic rings. The van der Waals surface area contributed by atoms with Crippen molar-refractivity contribution in [3.05, 3.63) is 60.8 Å². The number of carbonyl (C=O) groups is 1. The van der Waals surface area contributed by atoms with Crippen molar-refractivity contribution < 1.29 is 4.79 Å². The van der Waals surface area contributed by atoms with Crippen LogP contribution >= 0.6 is 0 Å². The first-order valence-corrected chi connectivity index (χ1v) is 9.98. The van der Waals surface area contributed by atoms with Crippen molar-refractivity contribution in [2.24, 2.45) is 0 Å². The number of pyridine rings is 2. The summed E-state index contributed by atoms with van der Waals surface area (Å²) in [6, 6.07) is 7.47. The van der Waals surface area contributed by atoms with Crippen LogP contribution in [0.15, 0.2) is 55.2 Å². The van der Waals surface area contributed by atoms with E-state index >= 15 is 0 Å². The van der Waals surface area contributed by atoms with Gasteiger partial charge in [-0.05, 0) is 36.6 Å². The van der Waals surface area contributed by atoms with Gasteiger partial charge in [-0.1, -0.05) is 18.9 Å². The fourth-order valence-corrected chi connectivity index (χ4v) is 3.39. The van der Waals surface area contributed by atoms with Gasteiger partial charge in [-0.2, -0.15) is 5.10 Å². The normalized spacial score (nSPS) is 14.3. The van der Waals surface area contributed by atoms with Crippen LogP contribution in [0.5, 0.6) is 0 Å². The van der Waals surface area contributed by atoms with E-state index in [1.54, 1.807) is 29.5 Å². The summed E-state index contributed by atoms with van der Waals surface area (Å²) in [5.41, 5.74) is 2.46. The van der Waals surface area contributed by atoms with Gasteiger partial charge < -0.3 is 15.5 Å². The minimum Gasteiger partial charge on any atom is -0.357 e. The maximum Gasteiger partial charge on any atom is 0.319 e. The van der Waals surface area contributed by atoms with Gasteiger partial charge in [0.2, 0.25) is 0 Å². The lowest BCUT2D eigenvalue weighted by atomic mass is 10.2. The van der Waals surface area contributed by atoms with Crippen molar-refractivity contribution in [1.29, 1.82) is 0 Å². The Balaban J connectivity index is 1.28. The molecule has 2 N–H and O–H groups in total. The molecule has 150 valence electrons. The van der Waals surface area contributed by atoms with Crippen molar-refractivity contribution in [3.63, 3.8) is 0 Å². The van der Waals surface area contributed by atoms with E-state index in [4.69, 9.17) is 0 Å². The van der Waals surface area contributed by atoms with Crippen molar-refractivity contribution in [2.45, 2.75) is 32.2 Å². The monoisotopic (exact) mass is 391 g/mol. The van der Waals surface area contributed by atoms with Crippen LogP contribution < -0.4 is 15.5 Å². The lowest BCUT2D eigenvalue weighted by Crippen LogP contribution is -2.28. The van der Waals surface area contributed by atoms with E-state index in [9.17, 15) is 4.79 Å². The van der Waals surface area contributed by atoms with Gasteiger partial charge in [0.05, 0.1) is 23.8 Å². The molecule has 1 aliphatic heterocycles. The third-order valence-electron chi connectivity index (χ3n) is 4.96. The lowest BCUT2D eigenvalue weighted by Gasteiger charge is -2.21. The number of rotatable bonds is 5. The Hall–Kier alpha value is -3.42. The Labute approximate surface area is 170 Å². The highest BCUT2D eigenvalue weighted by molar-refractivity contribution is 5.88. The number of anilines is 2. The van der Waals surface area contributed by atoms with Crippen LogP contribution in [0, 0.1) is 0 Å². The van der Waals surface area contributed by atoms with Crippen LogP contribution in [-0.4, -0.2) is 38.9 Å². The van der Waals surface area contributed by atoms with Crippen molar-refractivity contribution in [2.75, 3.05) is 23.3 Å². The van der Waals surface area contributed by atoms with Crippen molar-refractivity contribution >= 4 is 17.5 Å². The Kier molecular flexibility index (Phi) is 5.99. The Morgan fingerprint density at radius 1 is 1.00 bits per heavy atom. The van der Waals surface area contributed by atoms with Gasteiger partial charge in [0.15, 0.2) is 0 Å². The summed E-state index contributed by atoms with van der Waals surface area (Å²) in [7, 11) is 0. The number of aromatic nitrogens is 4. The van der Waals surface area contributed by atoms with Crippen molar-refractivity contribution in [1.82, 2.24) is 25.1 Å². The first kappa shape index (κ1) is 18.9. The van der Waals surface area contributed by atoms with E-state index in [2.05, 4.69) is 30.6 Å². The minimum absolute atomic E-state index is 0.282. The highest BCUT2D eigenvalue weighted by Gasteiger charge is 2.11. The van der Waals surface area contributed by atoms with E-state index in [1.165, 1.54) is 25.7 Å². The first-order valence-electron chi connectivity index (χ1n) is 9.98. The van der Waals surface area contributed by atoms with Gasteiger partial charge >= 0.3 is 6.03 Å². The zero-order valence-corrected chi connectivity index (χ0v) is 16.3. The largest absolute Gasteiger partial charge is 0.357 e. The molecule has 0 unspecified atom stereocenters. The molecular weight excluding hydrogens is 366 g/mol. The molecule has 0 aromatic carbocycles. The summed E-state index contributed by atoms with van der Waals surface area (Å²) >= 11 is 0. The number of urea groups is 1. The standard InChI is InChI=1S/C21H25N7O/c29-21(26-18-15-25-28(16-18)19-7-9-22-10-8-19)24-14-17-5-6-20(23-13-17)27-11-3-1-2-4-12-27/h5-10,13,15-16H,1-4,11-12,14H2,(H2,24,26,29). The molecule has 0 atom stereocenters. The van der Waals surface area contributed by atoms with E-state index in [0.29, 0.717) is 12.2 Å². The molecular formula is C21H25N7O. The Bertz CT molecular complexity index is 916. The summed E-state index contributed by atoms with van der Waals surface area (Å²) < 4.78 is 1.68. The summed E-state index contributed by atoms with van der Waals surface area (Å²) in [5.74, 6) is 1.02. The maximum atomic E-state index is 12.2. The van der Waals surface area contributed by atoms with Crippen LogP contribution in [-0.2, 0) is 6.54 Å². The topological polar surface area (TPSA) is 88.0 Å². The molecule has 8 nitrogen and oxygen atoms in total. The second-order valence-electron chi connectivity index (χ2n) is 7.11. The van der Waals surface area contributed by atoms with Gasteiger partial charge in [-0.25, -0.2) is 14.5 Å². The molecule has 1 saturated heterocycles. The number of hydrogen-bond acceptors (Lipinski definition) is 5. The molecule has 0 saturated carbocycles. The van der Waals surface area contributed by atoms with Crippen LogP contribution in [0.3, 0.4) is 0 Å². The third-order valence-corrected chi connectivity index (χ3v) is 4.96. The predicted molar refractivity (Wildman–Crippen MR) is 112 cm³/mol. The summed E-state index contributed by atoms with van der Waals surface area (Å²) in [6.07, 6.45) is 13.6. The fraction of sp³-hybridized carbons (Fsp3) is 0.333. The maximum absolute atomic E-state index is 12.2. The molecule has 4 heterocycles.